The highest BCUT2D eigenvalue weighted by molar-refractivity contribution is 7.20. The summed E-state index contributed by atoms with van der Waals surface area (Å²) >= 11 is 7.63. The monoisotopic (exact) mass is 394 g/mol. The van der Waals surface area contributed by atoms with Crippen molar-refractivity contribution >= 4 is 39.7 Å². The molecule has 1 aliphatic heterocycles. The Hall–Kier alpha value is -1.37. The second-order valence-corrected chi connectivity index (χ2v) is 9.66. The van der Waals surface area contributed by atoms with Gasteiger partial charge in [-0.3, -0.25) is 4.79 Å². The van der Waals surface area contributed by atoms with Crippen molar-refractivity contribution in [3.05, 3.63) is 27.7 Å². The molecule has 5 nitrogen and oxygen atoms in total. The predicted molar refractivity (Wildman–Crippen MR) is 109 cm³/mol. The maximum absolute atomic E-state index is 13.1. The van der Waals surface area contributed by atoms with Crippen molar-refractivity contribution in [3.8, 4) is 0 Å². The Balaban J connectivity index is 2.10. The number of hydrogen-bond donors (Lipinski definition) is 1. The zero-order valence-electron chi connectivity index (χ0n) is 16.1. The summed E-state index contributed by atoms with van der Waals surface area (Å²) in [5.74, 6) is 1.24. The number of carbonyl (C=O) groups is 1. The van der Waals surface area contributed by atoms with Crippen LogP contribution in [-0.2, 0) is 0 Å². The Bertz CT molecular complexity index is 799. The average molecular weight is 395 g/mol. The van der Waals surface area contributed by atoms with Gasteiger partial charge in [-0.25, -0.2) is 0 Å². The lowest BCUT2D eigenvalue weighted by molar-refractivity contribution is 0.0750. The first-order valence-corrected chi connectivity index (χ1v) is 10.2. The highest BCUT2D eigenvalue weighted by Crippen LogP contribution is 2.39. The Morgan fingerprint density at radius 1 is 1.35 bits per heavy atom. The number of nitrogens with zero attached hydrogens (tertiary/aromatic N) is 3. The zero-order valence-corrected chi connectivity index (χ0v) is 17.7. The molecular weight excluding hydrogens is 368 g/mol. The molecule has 1 aliphatic rings. The molecule has 2 aromatic rings. The van der Waals surface area contributed by atoms with Gasteiger partial charge >= 0.3 is 0 Å². The van der Waals surface area contributed by atoms with E-state index in [1.165, 1.54) is 11.3 Å². The number of thiophene rings is 1. The summed E-state index contributed by atoms with van der Waals surface area (Å²) in [7, 11) is 1.98. The summed E-state index contributed by atoms with van der Waals surface area (Å²) in [6.07, 6.45) is 2.10. The number of halogens is 1. The molecule has 0 unspecified atom stereocenters. The summed E-state index contributed by atoms with van der Waals surface area (Å²) in [5.41, 5.74) is 1.63. The van der Waals surface area contributed by atoms with Crippen LogP contribution in [0, 0.1) is 12.3 Å². The minimum Gasteiger partial charge on any atom is -0.321 e. The van der Waals surface area contributed by atoms with Crippen LogP contribution < -0.4 is 10.2 Å². The topological polar surface area (TPSA) is 50.2 Å². The third-order valence-electron chi connectivity index (χ3n) is 4.90. The first kappa shape index (κ1) is 19.4. The van der Waals surface area contributed by atoms with E-state index in [4.69, 9.17) is 16.7 Å². The van der Waals surface area contributed by atoms with E-state index in [1.54, 1.807) is 4.68 Å². The van der Waals surface area contributed by atoms with Gasteiger partial charge in [0.1, 0.15) is 5.82 Å². The van der Waals surface area contributed by atoms with Gasteiger partial charge < -0.3 is 10.2 Å². The minimum absolute atomic E-state index is 0.00490. The molecule has 0 amide bonds. The molecule has 1 saturated heterocycles. The number of aromatic nitrogens is 2. The molecule has 0 atom stereocenters. The Morgan fingerprint density at radius 3 is 2.54 bits per heavy atom. The Kier molecular flexibility index (Phi) is 5.47. The maximum atomic E-state index is 13.1. The smallest absolute Gasteiger partial charge is 0.254 e. The molecule has 142 valence electrons. The molecular formula is C19H27ClN4OS. The summed E-state index contributed by atoms with van der Waals surface area (Å²) in [4.78, 5) is 15.1. The molecule has 0 spiro atoms. The van der Waals surface area contributed by atoms with Crippen molar-refractivity contribution in [1.29, 1.82) is 0 Å². The molecule has 0 radical (unpaired) electrons. The summed E-state index contributed by atoms with van der Waals surface area (Å²) < 4.78 is 2.34. The fourth-order valence-corrected chi connectivity index (χ4v) is 4.42. The molecule has 3 rings (SSSR count). The van der Waals surface area contributed by atoms with Crippen molar-refractivity contribution in [3.63, 3.8) is 0 Å². The second-order valence-electron chi connectivity index (χ2n) is 7.96. The summed E-state index contributed by atoms with van der Waals surface area (Å²) in [5, 5.41) is 9.22. The second kappa shape index (κ2) is 7.33. The predicted octanol–water partition coefficient (Wildman–Crippen LogP) is 4.83. The first-order chi connectivity index (χ1) is 12.2. The van der Waals surface area contributed by atoms with Crippen LogP contribution in [0.5, 0.6) is 0 Å². The lowest BCUT2D eigenvalue weighted by Crippen LogP contribution is -2.30. The van der Waals surface area contributed by atoms with E-state index < -0.39 is 5.41 Å². The number of rotatable bonds is 3. The molecule has 7 heteroatoms. The van der Waals surface area contributed by atoms with E-state index in [0.29, 0.717) is 5.92 Å². The molecule has 0 saturated carbocycles. The molecule has 26 heavy (non-hydrogen) atoms. The first-order valence-electron chi connectivity index (χ1n) is 9.04. The Labute approximate surface area is 164 Å². The van der Waals surface area contributed by atoms with Crippen LogP contribution in [0.4, 0.5) is 10.8 Å². The van der Waals surface area contributed by atoms with Crippen molar-refractivity contribution in [1.82, 2.24) is 15.1 Å². The normalized spacial score (nSPS) is 16.1. The minimum atomic E-state index is -0.507. The van der Waals surface area contributed by atoms with Gasteiger partial charge in [0, 0.05) is 23.9 Å². The van der Waals surface area contributed by atoms with E-state index >= 15 is 0 Å². The molecule has 2 aromatic heterocycles. The largest absolute Gasteiger partial charge is 0.321 e. The van der Waals surface area contributed by atoms with Crippen LogP contribution in [0.3, 0.4) is 0 Å². The maximum Gasteiger partial charge on any atom is 0.254 e. The van der Waals surface area contributed by atoms with Gasteiger partial charge in [-0.1, -0.05) is 32.4 Å². The van der Waals surface area contributed by atoms with Crippen LogP contribution in [0.15, 0.2) is 12.1 Å². The van der Waals surface area contributed by atoms with Crippen molar-refractivity contribution in [2.24, 2.45) is 5.41 Å². The van der Waals surface area contributed by atoms with Crippen LogP contribution in [0.2, 0.25) is 4.34 Å². The van der Waals surface area contributed by atoms with Crippen LogP contribution in [-0.4, -0.2) is 35.8 Å². The number of nitrogens with one attached hydrogen (secondary N) is 1. The highest BCUT2D eigenvalue weighted by atomic mass is 35.5. The molecule has 0 aromatic carbocycles. The van der Waals surface area contributed by atoms with Gasteiger partial charge in [0.2, 0.25) is 0 Å². The molecule has 3 heterocycles. The van der Waals surface area contributed by atoms with Crippen molar-refractivity contribution < 1.29 is 4.79 Å². The van der Waals surface area contributed by atoms with E-state index in [0.717, 1.165) is 52.3 Å². The van der Waals surface area contributed by atoms with E-state index in [9.17, 15) is 4.79 Å². The third-order valence-corrected chi connectivity index (χ3v) is 6.20. The Morgan fingerprint density at radius 2 is 2.00 bits per heavy atom. The van der Waals surface area contributed by atoms with E-state index in [1.807, 2.05) is 44.9 Å². The number of hydrogen-bond acceptors (Lipinski definition) is 5. The standard InChI is InChI=1S/C19H27ClN4OS/c1-12-16(13-8-10-21-11-9-13)22-24(18(25)19(2,3)4)17(12)23(5)15-7-6-14(20)26-15/h6-7,13,21H,8-11H2,1-5H3. The van der Waals surface area contributed by atoms with Gasteiger partial charge in [0.15, 0.2) is 0 Å². The fraction of sp³-hybridized carbons (Fsp3) is 0.579. The van der Waals surface area contributed by atoms with Crippen LogP contribution >= 0.6 is 22.9 Å². The molecule has 1 N–H and O–H groups in total. The highest BCUT2D eigenvalue weighted by Gasteiger charge is 2.32. The van der Waals surface area contributed by atoms with Crippen molar-refractivity contribution in [2.45, 2.75) is 46.5 Å². The van der Waals surface area contributed by atoms with Crippen molar-refractivity contribution in [2.75, 3.05) is 25.0 Å². The van der Waals surface area contributed by atoms with E-state index in [2.05, 4.69) is 12.2 Å². The SMILES string of the molecule is Cc1c(C2CCNCC2)nn(C(=O)C(C)(C)C)c1N(C)c1ccc(Cl)s1. The van der Waals surface area contributed by atoms with Crippen LogP contribution in [0.25, 0.3) is 0 Å². The summed E-state index contributed by atoms with van der Waals surface area (Å²) in [6, 6.07) is 3.86. The number of carbonyl (C=O) groups excluding carboxylic acids is 1. The average Bonchev–Trinajstić information content (AvgIpc) is 3.17. The molecule has 1 fully saturated rings. The fourth-order valence-electron chi connectivity index (χ4n) is 3.43. The van der Waals surface area contributed by atoms with Gasteiger partial charge in [0.05, 0.1) is 15.0 Å². The quantitative estimate of drug-likeness (QED) is 0.810. The number of piperidine rings is 1. The van der Waals surface area contributed by atoms with Gasteiger partial charge in [-0.15, -0.1) is 11.3 Å². The lowest BCUT2D eigenvalue weighted by Gasteiger charge is -2.23. The van der Waals surface area contributed by atoms with E-state index in [-0.39, 0.29) is 5.91 Å². The lowest BCUT2D eigenvalue weighted by atomic mass is 9.92. The molecule has 0 bridgehead atoms. The third kappa shape index (κ3) is 3.68. The molecule has 0 aliphatic carbocycles. The van der Waals surface area contributed by atoms with Crippen LogP contribution in [0.1, 0.15) is 55.6 Å². The zero-order chi connectivity index (χ0) is 19.1. The summed E-state index contributed by atoms with van der Waals surface area (Å²) in [6.45, 7) is 9.87. The number of anilines is 2. The van der Waals surface area contributed by atoms with Gasteiger partial charge in [0.25, 0.3) is 5.91 Å². The van der Waals surface area contributed by atoms with Gasteiger partial charge in [-0.2, -0.15) is 9.78 Å². The van der Waals surface area contributed by atoms with Gasteiger partial charge in [-0.05, 0) is 45.0 Å².